The van der Waals surface area contributed by atoms with Crippen LogP contribution in [-0.2, 0) is 17.8 Å². The average Bonchev–Trinajstić information content (AvgIpc) is 3.02. The van der Waals surface area contributed by atoms with Gasteiger partial charge in [0.25, 0.3) is 0 Å². The molecule has 1 aromatic rings. The minimum absolute atomic E-state index is 0.110. The Balaban J connectivity index is 1.80. The van der Waals surface area contributed by atoms with Crippen molar-refractivity contribution in [2.45, 2.75) is 84.0 Å². The van der Waals surface area contributed by atoms with E-state index < -0.39 is 5.60 Å². The highest BCUT2D eigenvalue weighted by Gasteiger charge is 2.34. The molecule has 0 radical (unpaired) electrons. The van der Waals surface area contributed by atoms with E-state index in [2.05, 4.69) is 16.7 Å². The van der Waals surface area contributed by atoms with Crippen molar-refractivity contribution in [3.63, 3.8) is 0 Å². The lowest BCUT2D eigenvalue weighted by atomic mass is 9.97. The summed E-state index contributed by atoms with van der Waals surface area (Å²) in [5.74, 6) is 0.623. The minimum Gasteiger partial charge on any atom is -0.444 e. The van der Waals surface area contributed by atoms with Gasteiger partial charge in [0.15, 0.2) is 0 Å². The summed E-state index contributed by atoms with van der Waals surface area (Å²) in [6, 6.07) is 0.110. The van der Waals surface area contributed by atoms with Gasteiger partial charge in [-0.3, -0.25) is 9.58 Å². The molecule has 22 heavy (non-hydrogen) atoms. The van der Waals surface area contributed by atoms with Gasteiger partial charge in [-0.1, -0.05) is 12.8 Å². The van der Waals surface area contributed by atoms with Gasteiger partial charge in [0.2, 0.25) is 0 Å². The highest BCUT2D eigenvalue weighted by Crippen LogP contribution is 2.37. The van der Waals surface area contributed by atoms with E-state index in [9.17, 15) is 4.79 Å². The molecule has 1 aliphatic heterocycles. The first-order chi connectivity index (χ1) is 10.3. The lowest BCUT2D eigenvalue weighted by Crippen LogP contribution is -2.47. The number of ether oxygens (including phenoxy) is 1. The van der Waals surface area contributed by atoms with E-state index >= 15 is 0 Å². The maximum Gasteiger partial charge on any atom is 0.410 e. The summed E-state index contributed by atoms with van der Waals surface area (Å²) in [4.78, 5) is 14.3. The standard InChI is InChI=1S/C17H27N3O2/c1-12-10-20-15(11-19(12)16(21)22-17(2,3)4)14(9-18-20)13-7-5-6-8-13/h9,12-13H,5-8,10-11H2,1-4H3. The minimum atomic E-state index is -0.456. The van der Waals surface area contributed by atoms with Crippen LogP contribution in [0.25, 0.3) is 0 Å². The monoisotopic (exact) mass is 305 g/mol. The molecule has 0 spiro atoms. The van der Waals surface area contributed by atoms with Gasteiger partial charge >= 0.3 is 6.09 Å². The second-order valence-corrected chi connectivity index (χ2v) is 7.67. The number of fused-ring (bicyclic) bond motifs is 1. The molecule has 0 saturated heterocycles. The zero-order valence-electron chi connectivity index (χ0n) is 14.1. The Bertz CT molecular complexity index is 553. The summed E-state index contributed by atoms with van der Waals surface area (Å²) in [6.45, 7) is 9.15. The van der Waals surface area contributed by atoms with Gasteiger partial charge < -0.3 is 4.74 Å². The van der Waals surface area contributed by atoms with Gasteiger partial charge in [0, 0.05) is 0 Å². The summed E-state index contributed by atoms with van der Waals surface area (Å²) in [5, 5.41) is 4.56. The highest BCUT2D eigenvalue weighted by molar-refractivity contribution is 5.68. The van der Waals surface area contributed by atoms with Crippen LogP contribution in [0.1, 0.15) is 70.6 Å². The Morgan fingerprint density at radius 3 is 2.64 bits per heavy atom. The summed E-state index contributed by atoms with van der Waals surface area (Å²) >= 11 is 0. The molecule has 2 aliphatic rings. The van der Waals surface area contributed by atoms with E-state index in [1.165, 1.54) is 36.9 Å². The van der Waals surface area contributed by atoms with Crippen LogP contribution >= 0.6 is 0 Å². The molecule has 0 N–H and O–H groups in total. The number of nitrogens with zero attached hydrogens (tertiary/aromatic N) is 3. The highest BCUT2D eigenvalue weighted by atomic mass is 16.6. The van der Waals surface area contributed by atoms with Crippen molar-refractivity contribution in [2.75, 3.05) is 0 Å². The van der Waals surface area contributed by atoms with E-state index in [-0.39, 0.29) is 12.1 Å². The van der Waals surface area contributed by atoms with Gasteiger partial charge in [-0.15, -0.1) is 0 Å². The molecule has 1 fully saturated rings. The SMILES string of the molecule is CC1Cn2ncc(C3CCCC3)c2CN1C(=O)OC(C)(C)C. The predicted octanol–water partition coefficient (Wildman–Crippen LogP) is 3.68. The fourth-order valence-electron chi connectivity index (χ4n) is 3.56. The van der Waals surface area contributed by atoms with Crippen LogP contribution in [0.2, 0.25) is 0 Å². The fourth-order valence-corrected chi connectivity index (χ4v) is 3.56. The van der Waals surface area contributed by atoms with Crippen molar-refractivity contribution < 1.29 is 9.53 Å². The molecule has 0 bridgehead atoms. The Labute approximate surface area is 132 Å². The summed E-state index contributed by atoms with van der Waals surface area (Å²) in [6.07, 6.45) is 6.92. The summed E-state index contributed by atoms with van der Waals surface area (Å²) in [5.41, 5.74) is 2.09. The fraction of sp³-hybridized carbons (Fsp3) is 0.765. The topological polar surface area (TPSA) is 47.4 Å². The third-order valence-corrected chi connectivity index (χ3v) is 4.69. The lowest BCUT2D eigenvalue weighted by molar-refractivity contribution is 0.00894. The second-order valence-electron chi connectivity index (χ2n) is 7.67. The maximum atomic E-state index is 12.5. The Kier molecular flexibility index (Phi) is 3.91. The number of hydrogen-bond donors (Lipinski definition) is 0. The smallest absolute Gasteiger partial charge is 0.410 e. The molecular formula is C17H27N3O2. The first kappa shape index (κ1) is 15.4. The van der Waals surface area contributed by atoms with Crippen LogP contribution in [-0.4, -0.2) is 32.4 Å². The number of rotatable bonds is 1. The van der Waals surface area contributed by atoms with Crippen molar-refractivity contribution in [1.82, 2.24) is 14.7 Å². The molecule has 1 atom stereocenters. The van der Waals surface area contributed by atoms with Crippen LogP contribution in [0.3, 0.4) is 0 Å². The molecule has 3 rings (SSSR count). The molecule has 5 nitrogen and oxygen atoms in total. The van der Waals surface area contributed by atoms with Gasteiger partial charge in [-0.2, -0.15) is 5.10 Å². The van der Waals surface area contributed by atoms with Crippen molar-refractivity contribution >= 4 is 6.09 Å². The zero-order chi connectivity index (χ0) is 15.9. The van der Waals surface area contributed by atoms with E-state index in [0.717, 1.165) is 6.54 Å². The van der Waals surface area contributed by atoms with E-state index in [4.69, 9.17) is 4.74 Å². The molecule has 1 aliphatic carbocycles. The second kappa shape index (κ2) is 5.60. The van der Waals surface area contributed by atoms with E-state index in [1.54, 1.807) is 0 Å². The third kappa shape index (κ3) is 2.99. The number of hydrogen-bond acceptors (Lipinski definition) is 3. The summed E-state index contributed by atoms with van der Waals surface area (Å²) < 4.78 is 7.64. The lowest BCUT2D eigenvalue weighted by Gasteiger charge is -2.36. The first-order valence-corrected chi connectivity index (χ1v) is 8.39. The van der Waals surface area contributed by atoms with Crippen LogP contribution in [0.5, 0.6) is 0 Å². The third-order valence-electron chi connectivity index (χ3n) is 4.69. The Morgan fingerprint density at radius 1 is 1.32 bits per heavy atom. The van der Waals surface area contributed by atoms with Crippen LogP contribution in [0.4, 0.5) is 4.79 Å². The van der Waals surface area contributed by atoms with E-state index in [0.29, 0.717) is 12.5 Å². The molecule has 1 aromatic heterocycles. The molecule has 1 amide bonds. The first-order valence-electron chi connectivity index (χ1n) is 8.39. The molecule has 1 saturated carbocycles. The van der Waals surface area contributed by atoms with Crippen molar-refractivity contribution in [2.24, 2.45) is 0 Å². The quantitative estimate of drug-likeness (QED) is 0.795. The molecular weight excluding hydrogens is 278 g/mol. The van der Waals surface area contributed by atoms with Gasteiger partial charge in [0.05, 0.1) is 31.0 Å². The Morgan fingerprint density at radius 2 is 2.00 bits per heavy atom. The van der Waals surface area contributed by atoms with Gasteiger partial charge in [-0.25, -0.2) is 4.79 Å². The molecule has 1 unspecified atom stereocenters. The largest absolute Gasteiger partial charge is 0.444 e. The number of amides is 1. The molecule has 122 valence electrons. The molecule has 2 heterocycles. The molecule has 0 aromatic carbocycles. The van der Waals surface area contributed by atoms with Crippen molar-refractivity contribution in [3.05, 3.63) is 17.5 Å². The molecule has 5 heteroatoms. The average molecular weight is 305 g/mol. The van der Waals surface area contributed by atoms with Crippen LogP contribution in [0, 0.1) is 0 Å². The number of carbonyl (C=O) groups is 1. The van der Waals surface area contributed by atoms with Crippen LogP contribution < -0.4 is 0 Å². The maximum absolute atomic E-state index is 12.5. The van der Waals surface area contributed by atoms with Crippen LogP contribution in [0.15, 0.2) is 6.20 Å². The zero-order valence-corrected chi connectivity index (χ0v) is 14.1. The van der Waals surface area contributed by atoms with Crippen molar-refractivity contribution in [1.29, 1.82) is 0 Å². The number of aromatic nitrogens is 2. The van der Waals surface area contributed by atoms with Crippen molar-refractivity contribution in [3.8, 4) is 0 Å². The Hall–Kier alpha value is -1.52. The number of carbonyl (C=O) groups excluding carboxylic acids is 1. The van der Waals surface area contributed by atoms with E-state index in [1.807, 2.05) is 31.9 Å². The predicted molar refractivity (Wildman–Crippen MR) is 84.7 cm³/mol. The summed E-state index contributed by atoms with van der Waals surface area (Å²) in [7, 11) is 0. The van der Waals surface area contributed by atoms with Gasteiger partial charge in [-0.05, 0) is 52.0 Å². The van der Waals surface area contributed by atoms with Gasteiger partial charge in [0.1, 0.15) is 5.60 Å². The normalized spacial score (nSPS) is 22.7.